The van der Waals surface area contributed by atoms with Crippen LogP contribution in [0.5, 0.6) is 5.75 Å². The molecule has 0 bridgehead atoms. The fraction of sp³-hybridized carbons (Fsp3) is 0.0690. The Morgan fingerprint density at radius 2 is 1.73 bits per heavy atom. The van der Waals surface area contributed by atoms with Crippen molar-refractivity contribution in [3.63, 3.8) is 0 Å². The number of rotatable bonds is 5. The normalized spacial score (nSPS) is 14.8. The molecule has 0 spiro atoms. The van der Waals surface area contributed by atoms with Gasteiger partial charge in [0.2, 0.25) is 0 Å². The molecule has 1 aliphatic heterocycles. The van der Waals surface area contributed by atoms with Gasteiger partial charge >= 0.3 is 6.03 Å². The number of nitrogens with one attached hydrogen (secondary N) is 1. The van der Waals surface area contributed by atoms with Crippen LogP contribution in [0.15, 0.2) is 88.9 Å². The average Bonchev–Trinajstić information content (AvgIpc) is 2.88. The SMILES string of the molecule is Cc1cc(N2C(=O)NC(=O)/C(=C/c3c(OCc4ccc(F)cc4)ccc4ccccc34)C2=O)ccc1Br. The molecule has 0 unspecified atom stereocenters. The van der Waals surface area contributed by atoms with Crippen LogP contribution in [-0.4, -0.2) is 17.8 Å². The Morgan fingerprint density at radius 1 is 0.973 bits per heavy atom. The highest BCUT2D eigenvalue weighted by molar-refractivity contribution is 9.10. The van der Waals surface area contributed by atoms with Crippen LogP contribution in [0.4, 0.5) is 14.9 Å². The van der Waals surface area contributed by atoms with Crippen molar-refractivity contribution in [3.05, 3.63) is 111 Å². The highest BCUT2D eigenvalue weighted by Gasteiger charge is 2.37. The predicted molar refractivity (Wildman–Crippen MR) is 143 cm³/mol. The molecule has 8 heteroatoms. The number of fused-ring (bicyclic) bond motifs is 1. The first-order valence-corrected chi connectivity index (χ1v) is 12.2. The summed E-state index contributed by atoms with van der Waals surface area (Å²) in [6, 6.07) is 21.3. The number of benzene rings is 4. The number of halogens is 2. The summed E-state index contributed by atoms with van der Waals surface area (Å²) in [7, 11) is 0. The maximum Gasteiger partial charge on any atom is 0.335 e. The van der Waals surface area contributed by atoms with Crippen molar-refractivity contribution < 1.29 is 23.5 Å². The lowest BCUT2D eigenvalue weighted by atomic mass is 9.99. The summed E-state index contributed by atoms with van der Waals surface area (Å²) < 4.78 is 20.2. The molecule has 184 valence electrons. The molecule has 37 heavy (non-hydrogen) atoms. The van der Waals surface area contributed by atoms with E-state index >= 15 is 0 Å². The van der Waals surface area contributed by atoms with Gasteiger partial charge in [-0.2, -0.15) is 0 Å². The third kappa shape index (κ3) is 4.88. The molecule has 1 aliphatic rings. The van der Waals surface area contributed by atoms with E-state index in [1.165, 1.54) is 18.2 Å². The molecule has 5 rings (SSSR count). The van der Waals surface area contributed by atoms with Gasteiger partial charge in [0.15, 0.2) is 0 Å². The van der Waals surface area contributed by atoms with E-state index in [2.05, 4.69) is 21.2 Å². The van der Waals surface area contributed by atoms with Crippen LogP contribution in [0.25, 0.3) is 16.8 Å². The Balaban J connectivity index is 1.58. The third-order valence-corrected chi connectivity index (χ3v) is 6.92. The fourth-order valence-corrected chi connectivity index (χ4v) is 4.34. The van der Waals surface area contributed by atoms with Crippen molar-refractivity contribution in [2.45, 2.75) is 13.5 Å². The third-order valence-electron chi connectivity index (χ3n) is 6.03. The van der Waals surface area contributed by atoms with Crippen LogP contribution < -0.4 is 15.0 Å². The highest BCUT2D eigenvalue weighted by atomic mass is 79.9. The molecule has 0 atom stereocenters. The minimum atomic E-state index is -0.820. The van der Waals surface area contributed by atoms with Gasteiger partial charge in [-0.25, -0.2) is 14.1 Å². The van der Waals surface area contributed by atoms with Crippen molar-refractivity contribution in [2.75, 3.05) is 4.90 Å². The summed E-state index contributed by atoms with van der Waals surface area (Å²) in [5.74, 6) is -1.45. The van der Waals surface area contributed by atoms with E-state index in [0.717, 1.165) is 31.3 Å². The van der Waals surface area contributed by atoms with E-state index in [9.17, 15) is 18.8 Å². The number of barbiturate groups is 1. The van der Waals surface area contributed by atoms with E-state index in [1.807, 2.05) is 37.3 Å². The van der Waals surface area contributed by atoms with Gasteiger partial charge in [0.25, 0.3) is 11.8 Å². The minimum Gasteiger partial charge on any atom is -0.488 e. The first-order chi connectivity index (χ1) is 17.8. The van der Waals surface area contributed by atoms with Crippen LogP contribution in [0.3, 0.4) is 0 Å². The van der Waals surface area contributed by atoms with E-state index in [1.54, 1.807) is 36.4 Å². The first kappa shape index (κ1) is 24.4. The quantitative estimate of drug-likeness (QED) is 0.230. The topological polar surface area (TPSA) is 75.7 Å². The van der Waals surface area contributed by atoms with Crippen LogP contribution in [0.1, 0.15) is 16.7 Å². The lowest BCUT2D eigenvalue weighted by Crippen LogP contribution is -2.54. The number of hydrogen-bond acceptors (Lipinski definition) is 4. The van der Waals surface area contributed by atoms with Gasteiger partial charge in [-0.15, -0.1) is 0 Å². The molecule has 1 saturated heterocycles. The molecular weight excluding hydrogens is 539 g/mol. The van der Waals surface area contributed by atoms with E-state index in [4.69, 9.17) is 4.74 Å². The number of carbonyl (C=O) groups excluding carboxylic acids is 3. The number of hydrogen-bond donors (Lipinski definition) is 1. The second kappa shape index (κ2) is 9.99. The highest BCUT2D eigenvalue weighted by Crippen LogP contribution is 2.33. The Labute approximate surface area is 220 Å². The van der Waals surface area contributed by atoms with Gasteiger partial charge in [0, 0.05) is 10.0 Å². The molecule has 0 saturated carbocycles. The number of anilines is 1. The largest absolute Gasteiger partial charge is 0.488 e. The van der Waals surface area contributed by atoms with Gasteiger partial charge in [0.05, 0.1) is 5.69 Å². The Bertz CT molecular complexity index is 1600. The molecule has 1 heterocycles. The van der Waals surface area contributed by atoms with Crippen molar-refractivity contribution in [1.29, 1.82) is 0 Å². The van der Waals surface area contributed by atoms with Crippen molar-refractivity contribution >= 4 is 56.3 Å². The van der Waals surface area contributed by atoms with Crippen molar-refractivity contribution in [1.82, 2.24) is 5.32 Å². The fourth-order valence-electron chi connectivity index (χ4n) is 4.10. The molecular formula is C29H20BrFN2O4. The molecule has 0 aromatic heterocycles. The van der Waals surface area contributed by atoms with Gasteiger partial charge in [0.1, 0.15) is 23.7 Å². The maximum absolute atomic E-state index is 13.5. The number of amides is 4. The lowest BCUT2D eigenvalue weighted by Gasteiger charge is -2.27. The summed E-state index contributed by atoms with van der Waals surface area (Å²) in [6.45, 7) is 1.99. The van der Waals surface area contributed by atoms with Gasteiger partial charge in [-0.3, -0.25) is 14.9 Å². The monoisotopic (exact) mass is 558 g/mol. The standard InChI is InChI=1S/C29H20BrFN2O4/c1-17-14-21(11-12-25(17)30)33-28(35)24(27(34)32-29(33)36)15-23-22-5-3-2-4-19(22)8-13-26(23)37-16-18-6-9-20(31)10-7-18/h2-15H,16H2,1H3,(H,32,34,36)/b24-15-. The van der Waals surface area contributed by atoms with Crippen molar-refractivity contribution in [2.24, 2.45) is 0 Å². The smallest absolute Gasteiger partial charge is 0.335 e. The number of carbonyl (C=O) groups is 3. The summed E-state index contributed by atoms with van der Waals surface area (Å²) in [6.07, 6.45) is 1.45. The number of ether oxygens (including phenoxy) is 1. The van der Waals surface area contributed by atoms with Crippen LogP contribution in [-0.2, 0) is 16.2 Å². The minimum absolute atomic E-state index is 0.151. The van der Waals surface area contributed by atoms with Gasteiger partial charge in [-0.1, -0.05) is 58.4 Å². The van der Waals surface area contributed by atoms with Crippen LogP contribution in [0.2, 0.25) is 0 Å². The summed E-state index contributed by atoms with van der Waals surface area (Å²) >= 11 is 3.41. The van der Waals surface area contributed by atoms with E-state index < -0.39 is 17.8 Å². The Hall–Kier alpha value is -4.30. The molecule has 6 nitrogen and oxygen atoms in total. The summed E-state index contributed by atoms with van der Waals surface area (Å²) in [4.78, 5) is 39.9. The number of imide groups is 2. The van der Waals surface area contributed by atoms with Crippen LogP contribution >= 0.6 is 15.9 Å². The predicted octanol–water partition coefficient (Wildman–Crippen LogP) is 6.30. The molecule has 4 aromatic rings. The van der Waals surface area contributed by atoms with Gasteiger partial charge < -0.3 is 4.74 Å². The molecule has 1 fully saturated rings. The maximum atomic E-state index is 13.5. The molecule has 1 N–H and O–H groups in total. The zero-order chi connectivity index (χ0) is 26.1. The lowest BCUT2D eigenvalue weighted by molar-refractivity contribution is -0.122. The zero-order valence-corrected chi connectivity index (χ0v) is 21.2. The van der Waals surface area contributed by atoms with Gasteiger partial charge in [-0.05, 0) is 71.3 Å². The first-order valence-electron chi connectivity index (χ1n) is 11.4. The number of aryl methyl sites for hydroxylation is 1. The molecule has 4 aromatic carbocycles. The Kier molecular flexibility index (Phi) is 6.58. The number of nitrogens with zero attached hydrogens (tertiary/aromatic N) is 1. The second-order valence-corrected chi connectivity index (χ2v) is 9.36. The van der Waals surface area contributed by atoms with Crippen LogP contribution in [0, 0.1) is 12.7 Å². The number of urea groups is 1. The zero-order valence-electron chi connectivity index (χ0n) is 19.6. The molecule has 0 aliphatic carbocycles. The Morgan fingerprint density at radius 3 is 2.49 bits per heavy atom. The second-order valence-electron chi connectivity index (χ2n) is 8.50. The molecule has 4 amide bonds. The van der Waals surface area contributed by atoms with E-state index in [0.29, 0.717) is 17.0 Å². The molecule has 0 radical (unpaired) electrons. The average molecular weight is 559 g/mol. The van der Waals surface area contributed by atoms with E-state index in [-0.39, 0.29) is 18.0 Å². The summed E-state index contributed by atoms with van der Waals surface area (Å²) in [5, 5.41) is 3.90. The van der Waals surface area contributed by atoms with Crippen molar-refractivity contribution in [3.8, 4) is 5.75 Å². The summed E-state index contributed by atoms with van der Waals surface area (Å²) in [5.41, 5.74) is 2.23.